The molecule has 1 fully saturated rings. The molecule has 17 heavy (non-hydrogen) atoms. The second-order valence-corrected chi connectivity index (χ2v) is 4.53. The lowest BCUT2D eigenvalue weighted by molar-refractivity contribution is -0.911. The first-order chi connectivity index (χ1) is 8.34. The minimum Gasteiger partial charge on any atom is -0.316 e. The summed E-state index contributed by atoms with van der Waals surface area (Å²) >= 11 is 0. The lowest BCUT2D eigenvalue weighted by Gasteiger charge is -2.12. The normalized spacial score (nSPS) is 16.7. The summed E-state index contributed by atoms with van der Waals surface area (Å²) in [6, 6.07) is 7.35. The van der Waals surface area contributed by atoms with Crippen LogP contribution in [0.5, 0.6) is 0 Å². The summed E-state index contributed by atoms with van der Waals surface area (Å²) in [7, 11) is 0. The Labute approximate surface area is 98.7 Å². The maximum Gasteiger partial charge on any atom is 0.282 e. The zero-order valence-corrected chi connectivity index (χ0v) is 9.59. The van der Waals surface area contributed by atoms with Crippen LogP contribution in [0.1, 0.15) is 12.8 Å². The van der Waals surface area contributed by atoms with Crippen molar-refractivity contribution in [2.75, 3.05) is 13.1 Å². The molecule has 0 radical (unpaired) electrons. The third kappa shape index (κ3) is 1.93. The molecule has 1 aromatic heterocycles. The van der Waals surface area contributed by atoms with E-state index in [9.17, 15) is 4.79 Å². The van der Waals surface area contributed by atoms with Crippen molar-refractivity contribution in [1.82, 2.24) is 15.0 Å². The zero-order chi connectivity index (χ0) is 11.7. The minimum absolute atomic E-state index is 0.0324. The fourth-order valence-electron chi connectivity index (χ4n) is 2.37. The minimum atomic E-state index is -0.0324. The van der Waals surface area contributed by atoms with Crippen molar-refractivity contribution in [2.45, 2.75) is 19.5 Å². The number of nitrogens with one attached hydrogen (secondary N) is 1. The van der Waals surface area contributed by atoms with Gasteiger partial charge in [-0.3, -0.25) is 4.79 Å². The molecule has 5 nitrogen and oxygen atoms in total. The smallest absolute Gasteiger partial charge is 0.282 e. The first-order valence-electron chi connectivity index (χ1n) is 6.01. The van der Waals surface area contributed by atoms with E-state index in [1.165, 1.54) is 22.4 Å². The van der Waals surface area contributed by atoms with Gasteiger partial charge in [0.2, 0.25) is 0 Å². The largest absolute Gasteiger partial charge is 0.316 e. The summed E-state index contributed by atoms with van der Waals surface area (Å²) in [5.41, 5.74) is 0.639. The average molecular weight is 231 g/mol. The second kappa shape index (κ2) is 4.25. The standard InChI is InChI=1S/C12H14N4O/c17-12-10-5-1-2-6-11(10)13-14-16(12)9-15-7-3-4-8-15/h1-2,5-6H,3-4,7-9H2/p+1. The zero-order valence-electron chi connectivity index (χ0n) is 9.59. The van der Waals surface area contributed by atoms with Gasteiger partial charge in [-0.1, -0.05) is 17.3 Å². The van der Waals surface area contributed by atoms with Crippen LogP contribution in [0.2, 0.25) is 0 Å². The highest BCUT2D eigenvalue weighted by atomic mass is 16.1. The first-order valence-corrected chi connectivity index (χ1v) is 6.01. The molecule has 0 spiro atoms. The monoisotopic (exact) mass is 231 g/mol. The van der Waals surface area contributed by atoms with Crippen LogP contribution in [0.15, 0.2) is 29.1 Å². The highest BCUT2D eigenvalue weighted by molar-refractivity contribution is 5.76. The van der Waals surface area contributed by atoms with Gasteiger partial charge in [0.15, 0.2) is 6.67 Å². The number of quaternary nitrogens is 1. The highest BCUT2D eigenvalue weighted by Crippen LogP contribution is 2.02. The van der Waals surface area contributed by atoms with Crippen molar-refractivity contribution < 1.29 is 4.90 Å². The predicted molar refractivity (Wildman–Crippen MR) is 63.7 cm³/mol. The molecular formula is C12H15N4O+. The van der Waals surface area contributed by atoms with E-state index in [0.29, 0.717) is 17.6 Å². The number of hydrogen-bond acceptors (Lipinski definition) is 3. The lowest BCUT2D eigenvalue weighted by Crippen LogP contribution is -3.09. The van der Waals surface area contributed by atoms with Gasteiger partial charge in [0.1, 0.15) is 5.52 Å². The maximum absolute atomic E-state index is 12.2. The molecule has 0 amide bonds. The summed E-state index contributed by atoms with van der Waals surface area (Å²) in [4.78, 5) is 13.6. The van der Waals surface area contributed by atoms with E-state index in [-0.39, 0.29) is 5.56 Å². The Hall–Kier alpha value is -1.75. The molecule has 5 heteroatoms. The van der Waals surface area contributed by atoms with Gasteiger partial charge in [-0.05, 0) is 12.1 Å². The van der Waals surface area contributed by atoms with Crippen LogP contribution < -0.4 is 10.5 Å². The molecule has 0 bridgehead atoms. The molecule has 0 atom stereocenters. The van der Waals surface area contributed by atoms with Crippen molar-refractivity contribution in [1.29, 1.82) is 0 Å². The van der Waals surface area contributed by atoms with Crippen LogP contribution in [0.3, 0.4) is 0 Å². The van der Waals surface area contributed by atoms with E-state index in [4.69, 9.17) is 0 Å². The molecule has 1 aromatic carbocycles. The Balaban J connectivity index is 1.99. The number of hydrogen-bond donors (Lipinski definition) is 1. The van der Waals surface area contributed by atoms with Crippen molar-refractivity contribution in [2.24, 2.45) is 0 Å². The number of benzene rings is 1. The molecule has 88 valence electrons. The summed E-state index contributed by atoms with van der Waals surface area (Å²) in [6.07, 6.45) is 2.48. The molecule has 1 N–H and O–H groups in total. The Morgan fingerprint density at radius 1 is 1.24 bits per heavy atom. The molecule has 1 saturated heterocycles. The first kappa shape index (κ1) is 10.4. The molecule has 0 aliphatic carbocycles. The van der Waals surface area contributed by atoms with Crippen molar-refractivity contribution in [3.05, 3.63) is 34.6 Å². The molecule has 1 aliphatic rings. The van der Waals surface area contributed by atoms with Crippen LogP contribution >= 0.6 is 0 Å². The van der Waals surface area contributed by atoms with Crippen molar-refractivity contribution in [3.8, 4) is 0 Å². The van der Waals surface area contributed by atoms with Crippen LogP contribution in [-0.4, -0.2) is 28.1 Å². The third-order valence-corrected chi connectivity index (χ3v) is 3.31. The van der Waals surface area contributed by atoms with Crippen LogP contribution in [0.4, 0.5) is 0 Å². The van der Waals surface area contributed by atoms with E-state index in [0.717, 1.165) is 13.1 Å². The average Bonchev–Trinajstić information content (AvgIpc) is 2.86. The lowest BCUT2D eigenvalue weighted by atomic mass is 10.2. The van der Waals surface area contributed by atoms with E-state index in [1.807, 2.05) is 24.3 Å². The van der Waals surface area contributed by atoms with Gasteiger partial charge in [0.05, 0.1) is 18.5 Å². The molecule has 1 aliphatic heterocycles. The van der Waals surface area contributed by atoms with E-state index in [1.54, 1.807) is 0 Å². The molecule has 3 rings (SSSR count). The molecular weight excluding hydrogens is 216 g/mol. The number of aromatic nitrogens is 3. The summed E-state index contributed by atoms with van der Waals surface area (Å²) in [6.45, 7) is 2.89. The van der Waals surface area contributed by atoms with Crippen molar-refractivity contribution >= 4 is 10.9 Å². The SMILES string of the molecule is O=c1c2ccccc2nnn1C[NH+]1CCCC1. The number of fused-ring (bicyclic) bond motifs is 1. The molecule has 2 aromatic rings. The Kier molecular flexibility index (Phi) is 2.60. The third-order valence-electron chi connectivity index (χ3n) is 3.31. The topological polar surface area (TPSA) is 52.2 Å². The van der Waals surface area contributed by atoms with E-state index >= 15 is 0 Å². The van der Waals surface area contributed by atoms with Gasteiger partial charge in [0, 0.05) is 12.8 Å². The fourth-order valence-corrected chi connectivity index (χ4v) is 2.37. The Bertz CT molecular complexity index is 586. The molecule has 0 unspecified atom stereocenters. The van der Waals surface area contributed by atoms with E-state index < -0.39 is 0 Å². The van der Waals surface area contributed by atoms with Crippen molar-refractivity contribution in [3.63, 3.8) is 0 Å². The fraction of sp³-hybridized carbons (Fsp3) is 0.417. The number of likely N-dealkylation sites (tertiary alicyclic amines) is 1. The van der Waals surface area contributed by atoms with E-state index in [2.05, 4.69) is 10.3 Å². The van der Waals surface area contributed by atoms with Gasteiger partial charge < -0.3 is 4.90 Å². The Morgan fingerprint density at radius 2 is 2.00 bits per heavy atom. The molecule has 2 heterocycles. The quantitative estimate of drug-likeness (QED) is 0.753. The Morgan fingerprint density at radius 3 is 2.82 bits per heavy atom. The number of rotatable bonds is 2. The van der Waals surface area contributed by atoms with Gasteiger partial charge in [-0.2, -0.15) is 4.68 Å². The van der Waals surface area contributed by atoms with Gasteiger partial charge in [-0.25, -0.2) is 0 Å². The predicted octanol–water partition coefficient (Wildman–Crippen LogP) is -0.572. The van der Waals surface area contributed by atoms with Crippen LogP contribution in [0, 0.1) is 0 Å². The summed E-state index contributed by atoms with van der Waals surface area (Å²) < 4.78 is 1.49. The van der Waals surface area contributed by atoms with Gasteiger partial charge >= 0.3 is 0 Å². The highest BCUT2D eigenvalue weighted by Gasteiger charge is 2.17. The summed E-state index contributed by atoms with van der Waals surface area (Å²) in [5, 5.41) is 8.74. The summed E-state index contributed by atoms with van der Waals surface area (Å²) in [5.74, 6) is 0. The number of nitrogens with zero attached hydrogens (tertiary/aromatic N) is 3. The molecule has 0 saturated carbocycles. The van der Waals surface area contributed by atoms with Gasteiger partial charge in [0.25, 0.3) is 5.56 Å². The second-order valence-electron chi connectivity index (χ2n) is 4.53. The maximum atomic E-state index is 12.2. The van der Waals surface area contributed by atoms with Gasteiger partial charge in [-0.15, -0.1) is 5.10 Å². The van der Waals surface area contributed by atoms with Crippen LogP contribution in [-0.2, 0) is 6.67 Å². The van der Waals surface area contributed by atoms with Crippen LogP contribution in [0.25, 0.3) is 10.9 Å².